The van der Waals surface area contributed by atoms with Gasteiger partial charge in [-0.25, -0.2) is 0 Å². The quantitative estimate of drug-likeness (QED) is 0.190. The number of hydrogen-bond acceptors (Lipinski definition) is 5. The van der Waals surface area contributed by atoms with E-state index in [1.54, 1.807) is 0 Å². The predicted octanol–water partition coefficient (Wildman–Crippen LogP) is 7.95. The van der Waals surface area contributed by atoms with Crippen molar-refractivity contribution in [1.82, 2.24) is 0 Å². The van der Waals surface area contributed by atoms with Crippen molar-refractivity contribution in [2.75, 3.05) is 13.4 Å². The molecule has 0 aliphatic heterocycles. The van der Waals surface area contributed by atoms with Crippen molar-refractivity contribution in [2.24, 2.45) is 34.0 Å². The van der Waals surface area contributed by atoms with Crippen LogP contribution < -0.4 is 0 Å². The van der Waals surface area contributed by atoms with Crippen molar-refractivity contribution >= 4 is 11.6 Å². The predicted molar refractivity (Wildman–Crippen MR) is 164 cm³/mol. The van der Waals surface area contributed by atoms with E-state index in [0.29, 0.717) is 31.8 Å². The zero-order valence-corrected chi connectivity index (χ0v) is 26.1. The van der Waals surface area contributed by atoms with Gasteiger partial charge in [0, 0.05) is 18.8 Å². The maximum absolute atomic E-state index is 13.8. The van der Waals surface area contributed by atoms with Gasteiger partial charge in [-0.3, -0.25) is 9.59 Å². The Morgan fingerprint density at radius 3 is 2.19 bits per heavy atom. The summed E-state index contributed by atoms with van der Waals surface area (Å²) >= 11 is 0. The van der Waals surface area contributed by atoms with Crippen LogP contribution >= 0.6 is 0 Å². The second-order valence-electron chi connectivity index (χ2n) is 13.9. The minimum atomic E-state index is -0.194. The Kier molecular flexibility index (Phi) is 9.71. The van der Waals surface area contributed by atoms with Crippen molar-refractivity contribution < 1.29 is 23.8 Å². The molecule has 0 heterocycles. The van der Waals surface area contributed by atoms with E-state index < -0.39 is 0 Å². The Bertz CT molecular complexity index is 1200. The van der Waals surface area contributed by atoms with Gasteiger partial charge >= 0.3 is 0 Å². The average Bonchev–Trinajstić information content (AvgIpc) is 3.36. The van der Waals surface area contributed by atoms with Crippen LogP contribution in [0.5, 0.6) is 0 Å². The fraction of sp³-hybridized carbons (Fsp3) is 0.622. The molecule has 3 aliphatic rings. The second-order valence-corrected chi connectivity index (χ2v) is 13.9. The van der Waals surface area contributed by atoms with Gasteiger partial charge < -0.3 is 14.2 Å². The number of carbonyl (C=O) groups excluding carboxylic acids is 2. The van der Waals surface area contributed by atoms with Crippen molar-refractivity contribution in [2.45, 2.75) is 98.4 Å². The first kappa shape index (κ1) is 31.1. The van der Waals surface area contributed by atoms with E-state index in [-0.39, 0.29) is 59.3 Å². The standard InChI is InChI=1S/C37H50O5/c1-5-35(3)22-30(21-31(38)25-40-23-28-13-8-6-9-14-28)36(4)18-12-19-37(20-17-32(39)33(36)37)27(2)34(35)42-26-41-24-29-15-10-7-11-16-29/h6-11,13-16,27,30,33-34H,5,12,17-26H2,1-4H3/t27-,30-,33?,34+,35-,36+,37+/m1/s1. The summed E-state index contributed by atoms with van der Waals surface area (Å²) in [4.78, 5) is 27.3. The maximum atomic E-state index is 13.8. The van der Waals surface area contributed by atoms with Gasteiger partial charge in [0.2, 0.25) is 0 Å². The average molecular weight is 575 g/mol. The van der Waals surface area contributed by atoms with Crippen LogP contribution in [0.2, 0.25) is 0 Å². The van der Waals surface area contributed by atoms with E-state index in [1.807, 2.05) is 48.5 Å². The van der Waals surface area contributed by atoms with Gasteiger partial charge in [0.15, 0.2) is 5.78 Å². The molecule has 0 radical (unpaired) electrons. The number of Topliss-reactive ketones (excluding diaryl/α,β-unsaturated/α-hetero) is 2. The molecule has 3 saturated carbocycles. The Labute approximate surface area is 252 Å². The van der Waals surface area contributed by atoms with E-state index in [1.165, 1.54) is 0 Å². The van der Waals surface area contributed by atoms with Gasteiger partial charge in [-0.1, -0.05) is 94.8 Å². The molecule has 0 saturated heterocycles. The van der Waals surface area contributed by atoms with Crippen LogP contribution in [0.3, 0.4) is 0 Å². The van der Waals surface area contributed by atoms with E-state index in [0.717, 1.165) is 49.7 Å². The van der Waals surface area contributed by atoms with Crippen molar-refractivity contribution in [3.8, 4) is 0 Å². The van der Waals surface area contributed by atoms with Gasteiger partial charge in [0.1, 0.15) is 19.2 Å². The summed E-state index contributed by atoms with van der Waals surface area (Å²) in [5, 5.41) is 0. The molecule has 3 aliphatic carbocycles. The van der Waals surface area contributed by atoms with Crippen molar-refractivity contribution in [1.29, 1.82) is 0 Å². The zero-order chi connectivity index (χ0) is 29.8. The normalized spacial score (nSPS) is 34.4. The number of ketones is 2. The first-order valence-electron chi connectivity index (χ1n) is 16.1. The van der Waals surface area contributed by atoms with Crippen LogP contribution in [0.25, 0.3) is 0 Å². The highest BCUT2D eigenvalue weighted by molar-refractivity contribution is 5.86. The number of benzene rings is 2. The van der Waals surface area contributed by atoms with Crippen LogP contribution in [0.4, 0.5) is 0 Å². The number of carbonyl (C=O) groups is 2. The van der Waals surface area contributed by atoms with Gasteiger partial charge in [0.05, 0.1) is 19.3 Å². The molecule has 7 atom stereocenters. The summed E-state index contributed by atoms with van der Waals surface area (Å²) in [7, 11) is 0. The van der Waals surface area contributed by atoms with E-state index >= 15 is 0 Å². The molecule has 0 spiro atoms. The molecule has 42 heavy (non-hydrogen) atoms. The third-order valence-electron chi connectivity index (χ3n) is 11.5. The molecular weight excluding hydrogens is 524 g/mol. The molecule has 3 fully saturated rings. The highest BCUT2D eigenvalue weighted by Crippen LogP contribution is 2.68. The van der Waals surface area contributed by atoms with Gasteiger partial charge in [0.25, 0.3) is 0 Å². The third-order valence-corrected chi connectivity index (χ3v) is 11.5. The molecular formula is C37H50O5. The summed E-state index contributed by atoms with van der Waals surface area (Å²) in [5.41, 5.74) is 1.77. The SMILES string of the molecule is CC[C@]1(C)C[C@@H](CC(=O)COCc2ccccc2)[C@]2(C)CCC[C@]3(CCC(=O)C32)[C@H](C)[C@@H]1OCOCc1ccccc1. The molecule has 2 aromatic carbocycles. The van der Waals surface area contributed by atoms with Crippen molar-refractivity contribution in [3.05, 3.63) is 71.8 Å². The minimum absolute atomic E-state index is 0.0190. The fourth-order valence-electron chi connectivity index (χ4n) is 9.22. The largest absolute Gasteiger partial charge is 0.369 e. The first-order valence-corrected chi connectivity index (χ1v) is 16.1. The van der Waals surface area contributed by atoms with Crippen molar-refractivity contribution in [3.63, 3.8) is 0 Å². The summed E-state index contributed by atoms with van der Waals surface area (Å²) in [6.07, 6.45) is 6.94. The van der Waals surface area contributed by atoms with Crippen LogP contribution in [0, 0.1) is 34.0 Å². The lowest BCUT2D eigenvalue weighted by Crippen LogP contribution is -2.59. The Morgan fingerprint density at radius 2 is 1.55 bits per heavy atom. The highest BCUT2D eigenvalue weighted by Gasteiger charge is 2.66. The molecule has 5 nitrogen and oxygen atoms in total. The molecule has 0 aromatic heterocycles. The molecule has 0 amide bonds. The number of ether oxygens (including phenoxy) is 3. The van der Waals surface area contributed by atoms with E-state index in [4.69, 9.17) is 14.2 Å². The third kappa shape index (κ3) is 6.16. The molecule has 2 aromatic rings. The summed E-state index contributed by atoms with van der Waals surface area (Å²) < 4.78 is 18.7. The lowest BCUT2D eigenvalue weighted by molar-refractivity contribution is -0.209. The van der Waals surface area contributed by atoms with Crippen LogP contribution in [0.1, 0.15) is 90.2 Å². The Hall–Kier alpha value is -2.34. The van der Waals surface area contributed by atoms with Gasteiger partial charge in [-0.05, 0) is 71.3 Å². The maximum Gasteiger partial charge on any atom is 0.158 e. The lowest BCUT2D eigenvalue weighted by Gasteiger charge is -2.61. The van der Waals surface area contributed by atoms with Crippen LogP contribution in [0.15, 0.2) is 60.7 Å². The molecule has 5 heteroatoms. The molecule has 0 N–H and O–H groups in total. The number of rotatable bonds is 12. The van der Waals surface area contributed by atoms with Gasteiger partial charge in [-0.2, -0.15) is 0 Å². The monoisotopic (exact) mass is 574 g/mol. The zero-order valence-electron chi connectivity index (χ0n) is 26.1. The molecule has 1 unspecified atom stereocenters. The highest BCUT2D eigenvalue weighted by atomic mass is 16.7. The fourth-order valence-corrected chi connectivity index (χ4v) is 9.22. The summed E-state index contributed by atoms with van der Waals surface area (Å²) in [6.45, 7) is 10.6. The Morgan fingerprint density at radius 1 is 0.905 bits per heavy atom. The summed E-state index contributed by atoms with van der Waals surface area (Å²) in [6, 6.07) is 20.2. The molecule has 228 valence electrons. The van der Waals surface area contributed by atoms with Crippen LogP contribution in [-0.4, -0.2) is 31.1 Å². The Balaban J connectivity index is 1.37. The van der Waals surface area contributed by atoms with Crippen LogP contribution in [-0.2, 0) is 37.0 Å². The smallest absolute Gasteiger partial charge is 0.158 e. The topological polar surface area (TPSA) is 61.8 Å². The number of hydrogen-bond donors (Lipinski definition) is 0. The summed E-state index contributed by atoms with van der Waals surface area (Å²) in [5.74, 6) is 0.848. The van der Waals surface area contributed by atoms with E-state index in [9.17, 15) is 9.59 Å². The lowest BCUT2D eigenvalue weighted by atomic mass is 9.44. The second kappa shape index (κ2) is 13.1. The molecule has 2 bridgehead atoms. The first-order chi connectivity index (χ1) is 20.2. The minimum Gasteiger partial charge on any atom is -0.369 e. The molecule has 5 rings (SSSR count). The van der Waals surface area contributed by atoms with E-state index in [2.05, 4.69) is 39.8 Å². The van der Waals surface area contributed by atoms with Gasteiger partial charge in [-0.15, -0.1) is 0 Å².